The van der Waals surface area contributed by atoms with E-state index in [1.54, 1.807) is 0 Å². The van der Waals surface area contributed by atoms with Crippen LogP contribution in [0.5, 0.6) is 0 Å². The lowest BCUT2D eigenvalue weighted by Gasteiger charge is -2.31. The summed E-state index contributed by atoms with van der Waals surface area (Å²) in [5, 5.41) is 4.09. The van der Waals surface area contributed by atoms with E-state index in [9.17, 15) is 13.2 Å². The van der Waals surface area contributed by atoms with E-state index in [0.717, 1.165) is 6.54 Å². The molecule has 1 fully saturated rings. The molecule has 1 aliphatic rings. The Bertz CT molecular complexity index is 226. The second kappa shape index (κ2) is 8.27. The van der Waals surface area contributed by atoms with Gasteiger partial charge in [-0.25, -0.2) is 0 Å². The summed E-state index contributed by atoms with van der Waals surface area (Å²) in [5.74, 6) is 0. The van der Waals surface area contributed by atoms with Crippen molar-refractivity contribution in [2.24, 2.45) is 0 Å². The van der Waals surface area contributed by atoms with Crippen LogP contribution in [-0.2, 0) is 4.74 Å². The summed E-state index contributed by atoms with van der Waals surface area (Å²) < 4.78 is 40.0. The van der Waals surface area contributed by atoms with Gasteiger partial charge in [0.15, 0.2) is 0 Å². The molecule has 1 aliphatic carbocycles. The van der Waals surface area contributed by atoms with Crippen LogP contribution in [0, 0.1) is 0 Å². The summed E-state index contributed by atoms with van der Waals surface area (Å²) in [4.78, 5) is 0. The van der Waals surface area contributed by atoms with Crippen molar-refractivity contribution in [3.8, 4) is 0 Å². The summed E-state index contributed by atoms with van der Waals surface area (Å²) >= 11 is 1.88. The zero-order valence-corrected chi connectivity index (χ0v) is 11.6. The molecule has 1 rings (SSSR count). The molecule has 2 nitrogen and oxygen atoms in total. The molecule has 18 heavy (non-hydrogen) atoms. The molecule has 6 heteroatoms. The smallest absolute Gasteiger partial charge is 0.372 e. The predicted octanol–water partition coefficient (Wildman–Crippen LogP) is 3.22. The van der Waals surface area contributed by atoms with Crippen molar-refractivity contribution in [2.75, 3.05) is 26.0 Å². The molecular formula is C12H22F3NOS. The van der Waals surface area contributed by atoms with Gasteiger partial charge in [-0.15, -0.1) is 0 Å². The molecule has 0 saturated heterocycles. The molecule has 0 aromatic carbocycles. The average Bonchev–Trinajstić information content (AvgIpc) is 2.32. The molecule has 108 valence electrons. The van der Waals surface area contributed by atoms with E-state index < -0.39 is 12.8 Å². The van der Waals surface area contributed by atoms with Gasteiger partial charge >= 0.3 is 6.18 Å². The van der Waals surface area contributed by atoms with Crippen LogP contribution < -0.4 is 5.32 Å². The monoisotopic (exact) mass is 285 g/mol. The highest BCUT2D eigenvalue weighted by molar-refractivity contribution is 7.99. The highest BCUT2D eigenvalue weighted by atomic mass is 32.2. The van der Waals surface area contributed by atoms with E-state index in [4.69, 9.17) is 0 Å². The number of ether oxygens (including phenoxy) is 1. The Kier molecular flexibility index (Phi) is 7.41. The topological polar surface area (TPSA) is 21.3 Å². The number of rotatable bonds is 7. The van der Waals surface area contributed by atoms with Crippen LogP contribution >= 0.6 is 11.8 Å². The van der Waals surface area contributed by atoms with Gasteiger partial charge in [0, 0.05) is 17.9 Å². The number of nitrogens with one attached hydrogen (secondary N) is 1. The first kappa shape index (κ1) is 16.1. The summed E-state index contributed by atoms with van der Waals surface area (Å²) in [6, 6.07) is 0.511. The lowest BCUT2D eigenvalue weighted by atomic mass is 9.95. The van der Waals surface area contributed by atoms with Gasteiger partial charge in [-0.05, 0) is 32.1 Å². The summed E-state index contributed by atoms with van der Waals surface area (Å²) in [5.41, 5.74) is 0. The molecule has 0 heterocycles. The van der Waals surface area contributed by atoms with Crippen molar-refractivity contribution in [3.63, 3.8) is 0 Å². The minimum atomic E-state index is -4.21. The molecule has 1 saturated carbocycles. The quantitative estimate of drug-likeness (QED) is 0.726. The Morgan fingerprint density at radius 2 is 2.00 bits per heavy atom. The molecule has 0 bridgehead atoms. The number of thioether (sulfide) groups is 1. The van der Waals surface area contributed by atoms with Crippen LogP contribution in [0.25, 0.3) is 0 Å². The molecule has 0 amide bonds. The fraction of sp³-hybridized carbons (Fsp3) is 1.00. The first-order valence-electron chi connectivity index (χ1n) is 6.43. The lowest BCUT2D eigenvalue weighted by Crippen LogP contribution is -2.41. The van der Waals surface area contributed by atoms with Crippen LogP contribution in [0.4, 0.5) is 13.2 Å². The Balaban J connectivity index is 2.03. The summed E-state index contributed by atoms with van der Waals surface area (Å²) in [7, 11) is 0. The molecular weight excluding hydrogens is 263 g/mol. The highest BCUT2D eigenvalue weighted by Gasteiger charge is 2.27. The van der Waals surface area contributed by atoms with Crippen molar-refractivity contribution in [1.82, 2.24) is 5.32 Å². The van der Waals surface area contributed by atoms with Crippen molar-refractivity contribution < 1.29 is 17.9 Å². The Labute approximate surface area is 111 Å². The van der Waals surface area contributed by atoms with Gasteiger partial charge < -0.3 is 10.1 Å². The van der Waals surface area contributed by atoms with Gasteiger partial charge in [-0.1, -0.05) is 12.8 Å². The fourth-order valence-corrected chi connectivity index (χ4v) is 3.23. The third-order valence-electron chi connectivity index (χ3n) is 3.14. The van der Waals surface area contributed by atoms with Crippen LogP contribution in [0.3, 0.4) is 0 Å². The Morgan fingerprint density at radius 3 is 2.67 bits per heavy atom. The van der Waals surface area contributed by atoms with E-state index >= 15 is 0 Å². The second-order valence-corrected chi connectivity index (χ2v) is 5.72. The van der Waals surface area contributed by atoms with Crippen molar-refractivity contribution >= 4 is 11.8 Å². The first-order valence-corrected chi connectivity index (χ1v) is 7.72. The van der Waals surface area contributed by atoms with E-state index in [-0.39, 0.29) is 6.61 Å². The summed E-state index contributed by atoms with van der Waals surface area (Å²) in [6.45, 7) is -0.230. The number of halogens is 3. The maximum atomic E-state index is 11.8. The standard InChI is InChI=1S/C12H22F3NOS/c1-18-11-6-3-2-5-10(11)16-7-4-8-17-9-12(13,14)15/h10-11,16H,2-9H2,1H3. The van der Waals surface area contributed by atoms with Gasteiger partial charge in [0.05, 0.1) is 0 Å². The molecule has 1 N–H and O–H groups in total. The second-order valence-electron chi connectivity index (χ2n) is 4.64. The minimum absolute atomic E-state index is 0.170. The molecule has 2 unspecified atom stereocenters. The van der Waals surface area contributed by atoms with Gasteiger partial charge in [0.1, 0.15) is 6.61 Å². The van der Waals surface area contributed by atoms with Crippen LogP contribution in [0.1, 0.15) is 32.1 Å². The van der Waals surface area contributed by atoms with E-state index in [0.29, 0.717) is 17.7 Å². The molecule has 2 atom stereocenters. The molecule has 0 radical (unpaired) electrons. The van der Waals surface area contributed by atoms with Crippen molar-refractivity contribution in [2.45, 2.75) is 49.6 Å². The average molecular weight is 285 g/mol. The number of hydrogen-bond acceptors (Lipinski definition) is 3. The number of alkyl halides is 3. The van der Waals surface area contributed by atoms with E-state index in [1.165, 1.54) is 25.7 Å². The summed E-state index contributed by atoms with van der Waals surface area (Å²) in [6.07, 6.45) is 3.50. The Morgan fingerprint density at radius 1 is 1.28 bits per heavy atom. The minimum Gasteiger partial charge on any atom is -0.372 e. The maximum Gasteiger partial charge on any atom is 0.411 e. The van der Waals surface area contributed by atoms with Crippen LogP contribution in [-0.4, -0.2) is 43.5 Å². The van der Waals surface area contributed by atoms with Gasteiger partial charge in [-0.3, -0.25) is 0 Å². The molecule has 0 aromatic rings. The van der Waals surface area contributed by atoms with Gasteiger partial charge in [0.2, 0.25) is 0 Å². The zero-order chi connectivity index (χ0) is 13.4. The largest absolute Gasteiger partial charge is 0.411 e. The Hall–Kier alpha value is 0.0600. The lowest BCUT2D eigenvalue weighted by molar-refractivity contribution is -0.173. The third kappa shape index (κ3) is 6.85. The van der Waals surface area contributed by atoms with Crippen LogP contribution in [0.2, 0.25) is 0 Å². The maximum absolute atomic E-state index is 11.8. The number of hydrogen-bond donors (Lipinski definition) is 1. The SMILES string of the molecule is CSC1CCCCC1NCCCOCC(F)(F)F. The predicted molar refractivity (Wildman–Crippen MR) is 69.1 cm³/mol. The third-order valence-corrected chi connectivity index (χ3v) is 4.31. The molecule has 0 aromatic heterocycles. The van der Waals surface area contributed by atoms with Crippen molar-refractivity contribution in [1.29, 1.82) is 0 Å². The zero-order valence-electron chi connectivity index (χ0n) is 10.8. The normalized spacial score (nSPS) is 25.3. The molecule has 0 aliphatic heterocycles. The van der Waals surface area contributed by atoms with Gasteiger partial charge in [-0.2, -0.15) is 24.9 Å². The van der Waals surface area contributed by atoms with Gasteiger partial charge in [0.25, 0.3) is 0 Å². The van der Waals surface area contributed by atoms with Crippen molar-refractivity contribution in [3.05, 3.63) is 0 Å². The van der Waals surface area contributed by atoms with Crippen LogP contribution in [0.15, 0.2) is 0 Å². The van der Waals surface area contributed by atoms with E-state index in [2.05, 4.69) is 16.3 Å². The highest BCUT2D eigenvalue weighted by Crippen LogP contribution is 2.27. The fourth-order valence-electron chi connectivity index (χ4n) is 2.26. The molecule has 0 spiro atoms. The first-order chi connectivity index (χ1) is 8.53. The van der Waals surface area contributed by atoms with E-state index in [1.807, 2.05) is 11.8 Å².